The molecule has 104 valence electrons. The van der Waals surface area contributed by atoms with Crippen LogP contribution in [0.5, 0.6) is 5.75 Å². The summed E-state index contributed by atoms with van der Waals surface area (Å²) in [7, 11) is 2.14. The van der Waals surface area contributed by atoms with E-state index < -0.39 is 0 Å². The van der Waals surface area contributed by atoms with Crippen LogP contribution < -0.4 is 4.74 Å². The van der Waals surface area contributed by atoms with Crippen LogP contribution in [0.1, 0.15) is 30.1 Å². The van der Waals surface area contributed by atoms with Gasteiger partial charge in [-0.05, 0) is 51.6 Å². The molecule has 1 aromatic carbocycles. The van der Waals surface area contributed by atoms with Gasteiger partial charge in [-0.25, -0.2) is 0 Å². The molecule has 19 heavy (non-hydrogen) atoms. The monoisotopic (exact) mass is 281 g/mol. The van der Waals surface area contributed by atoms with Gasteiger partial charge in [0.25, 0.3) is 0 Å². The van der Waals surface area contributed by atoms with E-state index in [0.29, 0.717) is 22.3 Å². The molecule has 2 rings (SSSR count). The lowest BCUT2D eigenvalue weighted by molar-refractivity contribution is 0.0901. The van der Waals surface area contributed by atoms with Gasteiger partial charge in [-0.2, -0.15) is 0 Å². The molecule has 0 aliphatic carbocycles. The molecule has 0 N–H and O–H groups in total. The van der Waals surface area contributed by atoms with Gasteiger partial charge in [-0.15, -0.1) is 0 Å². The fourth-order valence-corrected chi connectivity index (χ4v) is 2.81. The van der Waals surface area contributed by atoms with E-state index in [2.05, 4.69) is 18.9 Å². The first-order chi connectivity index (χ1) is 9.10. The van der Waals surface area contributed by atoms with Gasteiger partial charge >= 0.3 is 0 Å². The van der Waals surface area contributed by atoms with Crippen molar-refractivity contribution in [3.63, 3.8) is 0 Å². The number of rotatable bonds is 4. The zero-order valence-electron chi connectivity index (χ0n) is 11.4. The third kappa shape index (κ3) is 3.71. The summed E-state index contributed by atoms with van der Waals surface area (Å²) in [5.41, 5.74) is 0.572. The Labute approximate surface area is 119 Å². The Kier molecular flexibility index (Phi) is 4.83. The molecule has 1 aromatic rings. The zero-order chi connectivity index (χ0) is 13.8. The van der Waals surface area contributed by atoms with Crippen LogP contribution in [0.2, 0.25) is 5.02 Å². The molecular weight excluding hydrogens is 262 g/mol. The first kappa shape index (κ1) is 14.4. The van der Waals surface area contributed by atoms with Crippen molar-refractivity contribution in [1.82, 2.24) is 4.90 Å². The largest absolute Gasteiger partial charge is 0.489 e. The lowest BCUT2D eigenvalue weighted by Gasteiger charge is -2.33. The van der Waals surface area contributed by atoms with Crippen LogP contribution in [-0.4, -0.2) is 37.4 Å². The van der Waals surface area contributed by atoms with Gasteiger partial charge in [0, 0.05) is 18.0 Å². The molecule has 0 radical (unpaired) electrons. The summed E-state index contributed by atoms with van der Waals surface area (Å²) >= 11 is 6.13. The Balaban J connectivity index is 2.01. The maximum absolute atomic E-state index is 10.7. The van der Waals surface area contributed by atoms with Crippen molar-refractivity contribution in [2.45, 2.75) is 25.9 Å². The standard InChI is InChI=1S/C15H20ClNO2/c1-11(13-4-3-7-17(2)9-13)19-15-6-5-12(10-18)8-14(15)16/h5-6,8,10-11,13H,3-4,7,9H2,1-2H3. The molecule has 1 fully saturated rings. The highest BCUT2D eigenvalue weighted by Crippen LogP contribution is 2.29. The highest BCUT2D eigenvalue weighted by molar-refractivity contribution is 6.32. The molecule has 0 saturated carbocycles. The Morgan fingerprint density at radius 2 is 2.32 bits per heavy atom. The number of piperidine rings is 1. The average molecular weight is 282 g/mol. The molecule has 1 saturated heterocycles. The van der Waals surface area contributed by atoms with Gasteiger partial charge in [-0.1, -0.05) is 11.6 Å². The van der Waals surface area contributed by atoms with E-state index in [9.17, 15) is 4.79 Å². The van der Waals surface area contributed by atoms with Crippen molar-refractivity contribution < 1.29 is 9.53 Å². The van der Waals surface area contributed by atoms with Crippen LogP contribution in [0.25, 0.3) is 0 Å². The minimum absolute atomic E-state index is 0.127. The number of ether oxygens (including phenoxy) is 1. The van der Waals surface area contributed by atoms with Gasteiger partial charge in [0.1, 0.15) is 12.0 Å². The Hall–Kier alpha value is -1.06. The number of halogens is 1. The number of hydrogen-bond acceptors (Lipinski definition) is 3. The summed E-state index contributed by atoms with van der Waals surface area (Å²) in [4.78, 5) is 13.0. The molecule has 1 aliphatic heterocycles. The van der Waals surface area contributed by atoms with Crippen LogP contribution >= 0.6 is 11.6 Å². The number of likely N-dealkylation sites (tertiary alicyclic amines) is 1. The van der Waals surface area contributed by atoms with Crippen LogP contribution in [0.4, 0.5) is 0 Å². The lowest BCUT2D eigenvalue weighted by atomic mass is 9.93. The number of nitrogens with zero attached hydrogens (tertiary/aromatic N) is 1. The van der Waals surface area contributed by atoms with Gasteiger partial charge in [0.05, 0.1) is 11.1 Å². The quantitative estimate of drug-likeness (QED) is 0.794. The van der Waals surface area contributed by atoms with Crippen molar-refractivity contribution in [3.8, 4) is 5.75 Å². The molecule has 0 aromatic heterocycles. The second kappa shape index (κ2) is 6.40. The van der Waals surface area contributed by atoms with Crippen molar-refractivity contribution in [2.75, 3.05) is 20.1 Å². The van der Waals surface area contributed by atoms with E-state index in [1.807, 2.05) is 0 Å². The summed E-state index contributed by atoms with van der Waals surface area (Å²) in [6, 6.07) is 5.15. The smallest absolute Gasteiger partial charge is 0.150 e. The highest BCUT2D eigenvalue weighted by Gasteiger charge is 2.24. The molecule has 2 unspecified atom stereocenters. The number of benzene rings is 1. The normalized spacial score (nSPS) is 21.9. The van der Waals surface area contributed by atoms with Crippen molar-refractivity contribution in [2.24, 2.45) is 5.92 Å². The predicted molar refractivity (Wildman–Crippen MR) is 77.2 cm³/mol. The van der Waals surface area contributed by atoms with Gasteiger partial charge in [-0.3, -0.25) is 4.79 Å². The maximum atomic E-state index is 10.7. The highest BCUT2D eigenvalue weighted by atomic mass is 35.5. The molecule has 3 nitrogen and oxygen atoms in total. The first-order valence-corrected chi connectivity index (χ1v) is 7.08. The summed E-state index contributed by atoms with van der Waals surface area (Å²) in [6.45, 7) is 4.32. The van der Waals surface area contributed by atoms with Crippen LogP contribution in [0.15, 0.2) is 18.2 Å². The molecule has 0 spiro atoms. The first-order valence-electron chi connectivity index (χ1n) is 6.70. The summed E-state index contributed by atoms with van der Waals surface area (Å²) in [5.74, 6) is 1.19. The van der Waals surface area contributed by atoms with E-state index in [1.54, 1.807) is 18.2 Å². The third-order valence-corrected chi connectivity index (χ3v) is 4.03. The fraction of sp³-hybridized carbons (Fsp3) is 0.533. The molecule has 1 aliphatic rings. The summed E-state index contributed by atoms with van der Waals surface area (Å²) in [6.07, 6.45) is 3.32. The fourth-order valence-electron chi connectivity index (χ4n) is 2.57. The molecule has 0 amide bonds. The molecule has 0 bridgehead atoms. The minimum Gasteiger partial charge on any atom is -0.489 e. The Morgan fingerprint density at radius 1 is 1.53 bits per heavy atom. The topological polar surface area (TPSA) is 29.5 Å². The summed E-state index contributed by atoms with van der Waals surface area (Å²) in [5, 5.41) is 0.501. The van der Waals surface area contributed by atoms with Crippen LogP contribution in [0, 0.1) is 5.92 Å². The molecule has 4 heteroatoms. The maximum Gasteiger partial charge on any atom is 0.150 e. The van der Waals surface area contributed by atoms with Crippen LogP contribution in [0.3, 0.4) is 0 Å². The lowest BCUT2D eigenvalue weighted by Crippen LogP contribution is -2.39. The second-order valence-corrected chi connectivity index (χ2v) is 5.70. The minimum atomic E-state index is 0.127. The second-order valence-electron chi connectivity index (χ2n) is 5.30. The van der Waals surface area contributed by atoms with E-state index in [0.717, 1.165) is 19.4 Å². The predicted octanol–water partition coefficient (Wildman–Crippen LogP) is 3.26. The summed E-state index contributed by atoms with van der Waals surface area (Å²) < 4.78 is 5.96. The van der Waals surface area contributed by atoms with Crippen LogP contribution in [-0.2, 0) is 0 Å². The third-order valence-electron chi connectivity index (χ3n) is 3.73. The van der Waals surface area contributed by atoms with Crippen molar-refractivity contribution in [3.05, 3.63) is 28.8 Å². The van der Waals surface area contributed by atoms with Crippen molar-refractivity contribution in [1.29, 1.82) is 0 Å². The number of hydrogen-bond donors (Lipinski definition) is 0. The van der Waals surface area contributed by atoms with Gasteiger partial charge in [0.2, 0.25) is 0 Å². The number of aldehydes is 1. The zero-order valence-corrected chi connectivity index (χ0v) is 12.2. The van der Waals surface area contributed by atoms with E-state index in [4.69, 9.17) is 16.3 Å². The Bertz CT molecular complexity index is 450. The number of carbonyl (C=O) groups excluding carboxylic acids is 1. The van der Waals surface area contributed by atoms with Gasteiger partial charge < -0.3 is 9.64 Å². The molecular formula is C15H20ClNO2. The van der Waals surface area contributed by atoms with Crippen molar-refractivity contribution >= 4 is 17.9 Å². The molecule has 2 atom stereocenters. The average Bonchev–Trinajstić information content (AvgIpc) is 2.41. The van der Waals surface area contributed by atoms with E-state index in [1.165, 1.54) is 12.8 Å². The number of carbonyl (C=O) groups is 1. The van der Waals surface area contributed by atoms with E-state index in [-0.39, 0.29) is 6.10 Å². The van der Waals surface area contributed by atoms with E-state index >= 15 is 0 Å². The molecule has 1 heterocycles. The van der Waals surface area contributed by atoms with Gasteiger partial charge in [0.15, 0.2) is 0 Å². The Morgan fingerprint density at radius 3 is 2.95 bits per heavy atom. The SMILES string of the molecule is CC(Oc1ccc(C=O)cc1Cl)C1CCCN(C)C1.